The molecule has 0 saturated carbocycles. The number of hydrogen-bond donors (Lipinski definition) is 0. The summed E-state index contributed by atoms with van der Waals surface area (Å²) in [6, 6.07) is 1.56. The molecule has 0 aliphatic rings. The Morgan fingerprint density at radius 3 is 2.38 bits per heavy atom. The van der Waals surface area contributed by atoms with Crippen LogP contribution in [0.2, 0.25) is 0 Å². The average Bonchev–Trinajstić information content (AvgIpc) is 2.13. The van der Waals surface area contributed by atoms with E-state index in [9.17, 15) is 18.0 Å². The van der Waals surface area contributed by atoms with Gasteiger partial charge in [-0.05, 0) is 18.2 Å². The van der Waals surface area contributed by atoms with Crippen LogP contribution >= 0.6 is 0 Å². The first-order valence-corrected chi connectivity index (χ1v) is 3.38. The highest BCUT2D eigenvalue weighted by Crippen LogP contribution is 2.15. The summed E-state index contributed by atoms with van der Waals surface area (Å²) in [5, 5.41) is 0. The average molecular weight is 186 g/mol. The van der Waals surface area contributed by atoms with Gasteiger partial charge in [-0.1, -0.05) is 6.58 Å². The number of carbonyl (C=O) groups is 1. The van der Waals surface area contributed by atoms with Crippen molar-refractivity contribution in [3.8, 4) is 0 Å². The summed E-state index contributed by atoms with van der Waals surface area (Å²) >= 11 is 0. The molecular weight excluding hydrogens is 181 g/mol. The fraction of sp³-hybridized carbons (Fsp3) is 0. The van der Waals surface area contributed by atoms with Gasteiger partial charge in [0.1, 0.15) is 0 Å². The standard InChI is InChI=1S/C9H5F3O/c1-2-7(13)5-3-4-6(10)9(12)8(5)11/h2-4H,1H2. The lowest BCUT2D eigenvalue weighted by molar-refractivity contribution is 0.104. The fourth-order valence-corrected chi connectivity index (χ4v) is 0.826. The van der Waals surface area contributed by atoms with E-state index in [4.69, 9.17) is 0 Å². The summed E-state index contributed by atoms with van der Waals surface area (Å²) in [6.45, 7) is 3.10. The molecule has 0 N–H and O–H groups in total. The molecule has 0 fully saturated rings. The molecule has 1 aromatic carbocycles. The zero-order chi connectivity index (χ0) is 10.0. The van der Waals surface area contributed by atoms with E-state index in [2.05, 4.69) is 6.58 Å². The van der Waals surface area contributed by atoms with Gasteiger partial charge in [-0.25, -0.2) is 13.2 Å². The molecule has 0 aliphatic heterocycles. The molecular formula is C9H5F3O. The molecule has 0 aromatic heterocycles. The maximum atomic E-state index is 12.8. The SMILES string of the molecule is C=CC(=O)c1ccc(F)c(F)c1F. The summed E-state index contributed by atoms with van der Waals surface area (Å²) in [5.74, 6) is -5.23. The molecule has 1 rings (SSSR count). The van der Waals surface area contributed by atoms with Gasteiger partial charge in [-0.3, -0.25) is 4.79 Å². The number of rotatable bonds is 2. The number of ketones is 1. The van der Waals surface area contributed by atoms with Crippen LogP contribution in [0, 0.1) is 17.5 Å². The Morgan fingerprint density at radius 1 is 1.23 bits per heavy atom. The van der Waals surface area contributed by atoms with Gasteiger partial charge in [-0.15, -0.1) is 0 Å². The van der Waals surface area contributed by atoms with Crippen molar-refractivity contribution in [2.45, 2.75) is 0 Å². The molecule has 0 bridgehead atoms. The smallest absolute Gasteiger partial charge is 0.195 e. The normalized spacial score (nSPS) is 9.77. The summed E-state index contributed by atoms with van der Waals surface area (Å²) in [7, 11) is 0. The first-order chi connectivity index (χ1) is 6.07. The fourth-order valence-electron chi connectivity index (χ4n) is 0.826. The Hall–Kier alpha value is -1.58. The number of benzene rings is 1. The van der Waals surface area contributed by atoms with Gasteiger partial charge in [0.15, 0.2) is 23.2 Å². The van der Waals surface area contributed by atoms with Crippen molar-refractivity contribution < 1.29 is 18.0 Å². The van der Waals surface area contributed by atoms with Gasteiger partial charge < -0.3 is 0 Å². The third kappa shape index (κ3) is 1.61. The second kappa shape index (κ2) is 3.43. The van der Waals surface area contributed by atoms with E-state index in [1.807, 2.05) is 0 Å². The van der Waals surface area contributed by atoms with Gasteiger partial charge in [0, 0.05) is 0 Å². The summed E-state index contributed by atoms with van der Waals surface area (Å²) < 4.78 is 37.7. The zero-order valence-corrected chi connectivity index (χ0v) is 6.48. The molecule has 68 valence electrons. The highest BCUT2D eigenvalue weighted by atomic mass is 19.2. The molecule has 0 saturated heterocycles. The first-order valence-electron chi connectivity index (χ1n) is 3.38. The monoisotopic (exact) mass is 186 g/mol. The third-order valence-electron chi connectivity index (χ3n) is 1.49. The largest absolute Gasteiger partial charge is 0.289 e. The van der Waals surface area contributed by atoms with E-state index in [0.29, 0.717) is 6.07 Å². The minimum absolute atomic E-state index is 0.520. The van der Waals surface area contributed by atoms with E-state index in [1.165, 1.54) is 0 Å². The van der Waals surface area contributed by atoms with Crippen LogP contribution in [-0.2, 0) is 0 Å². The van der Waals surface area contributed by atoms with Gasteiger partial charge in [-0.2, -0.15) is 0 Å². The Bertz CT molecular complexity index is 371. The molecule has 1 aromatic rings. The van der Waals surface area contributed by atoms with Crippen LogP contribution in [0.25, 0.3) is 0 Å². The van der Waals surface area contributed by atoms with Crippen LogP contribution in [0.4, 0.5) is 13.2 Å². The van der Waals surface area contributed by atoms with Gasteiger partial charge in [0.2, 0.25) is 0 Å². The Balaban J connectivity index is 3.33. The zero-order valence-electron chi connectivity index (χ0n) is 6.48. The topological polar surface area (TPSA) is 17.1 Å². The lowest BCUT2D eigenvalue weighted by Gasteiger charge is -1.99. The van der Waals surface area contributed by atoms with Gasteiger partial charge >= 0.3 is 0 Å². The predicted molar refractivity (Wildman–Crippen MR) is 40.8 cm³/mol. The van der Waals surface area contributed by atoms with Crippen LogP contribution < -0.4 is 0 Å². The van der Waals surface area contributed by atoms with Crippen molar-refractivity contribution in [3.05, 3.63) is 47.8 Å². The summed E-state index contributed by atoms with van der Waals surface area (Å²) in [5.41, 5.74) is -0.520. The molecule has 0 radical (unpaired) electrons. The maximum Gasteiger partial charge on any atom is 0.195 e. The molecule has 4 heteroatoms. The van der Waals surface area contributed by atoms with Gasteiger partial charge in [0.05, 0.1) is 5.56 Å². The second-order valence-corrected chi connectivity index (χ2v) is 2.29. The Kier molecular flexibility index (Phi) is 2.51. The molecule has 0 atom stereocenters. The van der Waals surface area contributed by atoms with E-state index < -0.39 is 28.8 Å². The summed E-state index contributed by atoms with van der Waals surface area (Å²) in [4.78, 5) is 10.9. The van der Waals surface area contributed by atoms with Crippen molar-refractivity contribution in [1.29, 1.82) is 0 Å². The number of allylic oxidation sites excluding steroid dienone is 1. The van der Waals surface area contributed by atoms with Gasteiger partial charge in [0.25, 0.3) is 0 Å². The predicted octanol–water partition coefficient (Wildman–Crippen LogP) is 2.47. The van der Waals surface area contributed by atoms with E-state index >= 15 is 0 Å². The lowest BCUT2D eigenvalue weighted by Crippen LogP contribution is -2.02. The number of carbonyl (C=O) groups excluding carboxylic acids is 1. The van der Waals surface area contributed by atoms with Crippen LogP contribution in [0.3, 0.4) is 0 Å². The lowest BCUT2D eigenvalue weighted by atomic mass is 10.1. The highest BCUT2D eigenvalue weighted by molar-refractivity contribution is 6.04. The quantitative estimate of drug-likeness (QED) is 0.394. The molecule has 1 nitrogen and oxygen atoms in total. The summed E-state index contributed by atoms with van der Waals surface area (Å²) in [6.07, 6.45) is 0.829. The van der Waals surface area contributed by atoms with Crippen LogP contribution in [-0.4, -0.2) is 5.78 Å². The third-order valence-corrected chi connectivity index (χ3v) is 1.49. The molecule has 0 unspecified atom stereocenters. The Labute approximate surface area is 72.5 Å². The van der Waals surface area contributed by atoms with Crippen molar-refractivity contribution in [3.63, 3.8) is 0 Å². The van der Waals surface area contributed by atoms with Crippen LogP contribution in [0.5, 0.6) is 0 Å². The molecule has 0 aliphatic carbocycles. The maximum absolute atomic E-state index is 12.8. The minimum atomic E-state index is -1.65. The van der Waals surface area contributed by atoms with Crippen molar-refractivity contribution in [2.24, 2.45) is 0 Å². The molecule has 0 amide bonds. The minimum Gasteiger partial charge on any atom is -0.289 e. The second-order valence-electron chi connectivity index (χ2n) is 2.29. The van der Waals surface area contributed by atoms with Crippen molar-refractivity contribution >= 4 is 5.78 Å². The molecule has 0 spiro atoms. The van der Waals surface area contributed by atoms with Crippen molar-refractivity contribution in [2.75, 3.05) is 0 Å². The van der Waals surface area contributed by atoms with E-state index in [0.717, 1.165) is 12.1 Å². The highest BCUT2D eigenvalue weighted by Gasteiger charge is 2.16. The van der Waals surface area contributed by atoms with Crippen LogP contribution in [0.1, 0.15) is 10.4 Å². The number of halogens is 3. The first kappa shape index (κ1) is 9.51. The molecule has 13 heavy (non-hydrogen) atoms. The Morgan fingerprint density at radius 2 is 1.85 bits per heavy atom. The van der Waals surface area contributed by atoms with E-state index in [-0.39, 0.29) is 0 Å². The molecule has 0 heterocycles. The number of hydrogen-bond acceptors (Lipinski definition) is 1. The van der Waals surface area contributed by atoms with Crippen molar-refractivity contribution in [1.82, 2.24) is 0 Å². The van der Waals surface area contributed by atoms with Crippen LogP contribution in [0.15, 0.2) is 24.8 Å². The van der Waals surface area contributed by atoms with E-state index in [1.54, 1.807) is 0 Å².